The van der Waals surface area contributed by atoms with Crippen molar-refractivity contribution in [2.24, 2.45) is 7.05 Å². The topological polar surface area (TPSA) is 104 Å². The number of aryl methyl sites for hydroxylation is 4. The number of aromatic nitrogens is 6. The molecule has 0 aliphatic rings. The van der Waals surface area contributed by atoms with E-state index < -0.39 is 0 Å². The van der Waals surface area contributed by atoms with Gasteiger partial charge in [-0.25, -0.2) is 4.98 Å². The number of fused-ring (bicyclic) bond motifs is 1. The molecule has 1 amide bonds. The molecule has 0 saturated carbocycles. The highest BCUT2D eigenvalue weighted by Gasteiger charge is 2.20. The lowest BCUT2D eigenvalue weighted by atomic mass is 10.1. The van der Waals surface area contributed by atoms with Crippen LogP contribution in [0.1, 0.15) is 28.7 Å². The van der Waals surface area contributed by atoms with Gasteiger partial charge < -0.3 is 9.84 Å². The van der Waals surface area contributed by atoms with E-state index in [2.05, 4.69) is 25.7 Å². The number of pyridine rings is 1. The summed E-state index contributed by atoms with van der Waals surface area (Å²) in [6, 6.07) is 3.56. The van der Waals surface area contributed by atoms with Crippen LogP contribution in [0.15, 0.2) is 29.0 Å². The Balaban J connectivity index is 1.78. The molecule has 0 radical (unpaired) electrons. The first kappa shape index (κ1) is 17.0. The fourth-order valence-corrected chi connectivity index (χ4v) is 3.05. The molecule has 0 aliphatic carbocycles. The first-order valence-corrected chi connectivity index (χ1v) is 8.58. The van der Waals surface area contributed by atoms with Crippen molar-refractivity contribution < 1.29 is 9.32 Å². The first-order chi connectivity index (χ1) is 13.0. The molecular formula is C18H19N7O2. The van der Waals surface area contributed by atoms with Crippen LogP contribution in [0.3, 0.4) is 0 Å². The van der Waals surface area contributed by atoms with Gasteiger partial charge in [0.05, 0.1) is 28.5 Å². The van der Waals surface area contributed by atoms with E-state index in [9.17, 15) is 4.79 Å². The van der Waals surface area contributed by atoms with Gasteiger partial charge in [-0.2, -0.15) is 10.2 Å². The second-order valence-corrected chi connectivity index (χ2v) is 6.35. The lowest BCUT2D eigenvalue weighted by Crippen LogP contribution is -2.14. The third kappa shape index (κ3) is 2.97. The molecule has 1 N–H and O–H groups in total. The molecule has 0 aliphatic heterocycles. The third-order valence-electron chi connectivity index (χ3n) is 4.38. The molecule has 0 spiro atoms. The Morgan fingerprint density at radius 1 is 1.30 bits per heavy atom. The highest BCUT2D eigenvalue weighted by molar-refractivity contribution is 6.12. The smallest absolute Gasteiger partial charge is 0.259 e. The van der Waals surface area contributed by atoms with Crippen molar-refractivity contribution in [3.63, 3.8) is 0 Å². The molecule has 27 heavy (non-hydrogen) atoms. The standard InChI is InChI=1S/C18H19N7O2/c1-5-25-10(2)6-15(22-25)21-17(26)13-7-14(12-8-19-24(4)9-12)20-18-16(13)11(3)23-27-18/h6-9H,5H2,1-4H3,(H,21,22,26). The van der Waals surface area contributed by atoms with Gasteiger partial charge in [0.2, 0.25) is 0 Å². The quantitative estimate of drug-likeness (QED) is 0.596. The maximum atomic E-state index is 13.0. The van der Waals surface area contributed by atoms with Gasteiger partial charge in [-0.15, -0.1) is 0 Å². The number of nitrogens with zero attached hydrogens (tertiary/aromatic N) is 6. The van der Waals surface area contributed by atoms with E-state index in [1.54, 1.807) is 23.9 Å². The number of anilines is 1. The Morgan fingerprint density at radius 3 is 2.78 bits per heavy atom. The summed E-state index contributed by atoms with van der Waals surface area (Å²) in [6.45, 7) is 6.46. The number of rotatable bonds is 4. The number of hydrogen-bond donors (Lipinski definition) is 1. The number of hydrogen-bond acceptors (Lipinski definition) is 6. The van der Waals surface area contributed by atoms with Gasteiger partial charge in [-0.3, -0.25) is 14.2 Å². The van der Waals surface area contributed by atoms with Crippen LogP contribution in [0.4, 0.5) is 5.82 Å². The van der Waals surface area contributed by atoms with Gasteiger partial charge in [-0.05, 0) is 26.8 Å². The summed E-state index contributed by atoms with van der Waals surface area (Å²) in [6.07, 6.45) is 3.51. The number of carbonyl (C=O) groups is 1. The van der Waals surface area contributed by atoms with Crippen LogP contribution in [0, 0.1) is 13.8 Å². The van der Waals surface area contributed by atoms with E-state index in [0.717, 1.165) is 17.8 Å². The number of nitrogens with one attached hydrogen (secondary N) is 1. The van der Waals surface area contributed by atoms with Crippen LogP contribution in [0.2, 0.25) is 0 Å². The highest BCUT2D eigenvalue weighted by Crippen LogP contribution is 2.27. The van der Waals surface area contributed by atoms with Crippen molar-refractivity contribution in [2.75, 3.05) is 5.32 Å². The van der Waals surface area contributed by atoms with E-state index in [1.807, 2.05) is 37.8 Å². The normalized spacial score (nSPS) is 11.3. The largest absolute Gasteiger partial charge is 0.335 e. The Bertz CT molecular complexity index is 1150. The molecule has 0 fully saturated rings. The van der Waals surface area contributed by atoms with Crippen molar-refractivity contribution in [2.45, 2.75) is 27.3 Å². The van der Waals surface area contributed by atoms with E-state index in [4.69, 9.17) is 4.52 Å². The summed E-state index contributed by atoms with van der Waals surface area (Å²) in [7, 11) is 1.82. The maximum Gasteiger partial charge on any atom is 0.259 e. The summed E-state index contributed by atoms with van der Waals surface area (Å²) < 4.78 is 8.81. The zero-order chi connectivity index (χ0) is 19.1. The van der Waals surface area contributed by atoms with Crippen molar-refractivity contribution in [1.29, 1.82) is 0 Å². The number of amides is 1. The minimum absolute atomic E-state index is 0.292. The molecule has 4 heterocycles. The minimum Gasteiger partial charge on any atom is -0.335 e. The van der Waals surface area contributed by atoms with Crippen LogP contribution in [0.25, 0.3) is 22.4 Å². The second kappa shape index (κ2) is 6.35. The molecule has 9 nitrogen and oxygen atoms in total. The molecule has 0 atom stereocenters. The van der Waals surface area contributed by atoms with Crippen LogP contribution >= 0.6 is 0 Å². The summed E-state index contributed by atoms with van der Waals surface area (Å²) in [5, 5.41) is 16.0. The minimum atomic E-state index is -0.292. The Kier molecular flexibility index (Phi) is 3.98. The van der Waals surface area contributed by atoms with E-state index in [0.29, 0.717) is 33.9 Å². The number of carbonyl (C=O) groups excluding carboxylic acids is 1. The van der Waals surface area contributed by atoms with Crippen molar-refractivity contribution in [3.8, 4) is 11.3 Å². The Morgan fingerprint density at radius 2 is 2.11 bits per heavy atom. The molecule has 0 unspecified atom stereocenters. The predicted molar refractivity (Wildman–Crippen MR) is 99.3 cm³/mol. The zero-order valence-corrected chi connectivity index (χ0v) is 15.5. The van der Waals surface area contributed by atoms with Crippen LogP contribution in [-0.2, 0) is 13.6 Å². The lowest BCUT2D eigenvalue weighted by molar-refractivity contribution is 0.102. The summed E-state index contributed by atoms with van der Waals surface area (Å²) in [5.74, 6) is 0.209. The summed E-state index contributed by atoms with van der Waals surface area (Å²) in [4.78, 5) is 17.5. The molecule has 138 valence electrons. The fourth-order valence-electron chi connectivity index (χ4n) is 3.05. The first-order valence-electron chi connectivity index (χ1n) is 8.58. The van der Waals surface area contributed by atoms with E-state index in [-0.39, 0.29) is 5.91 Å². The predicted octanol–water partition coefficient (Wildman–Crippen LogP) is 2.71. The second-order valence-electron chi connectivity index (χ2n) is 6.35. The molecule has 4 rings (SSSR count). The van der Waals surface area contributed by atoms with Crippen molar-refractivity contribution >= 4 is 22.8 Å². The van der Waals surface area contributed by atoms with E-state index in [1.165, 1.54) is 0 Å². The van der Waals surface area contributed by atoms with Crippen molar-refractivity contribution in [3.05, 3.63) is 41.5 Å². The molecule has 0 aromatic carbocycles. The highest BCUT2D eigenvalue weighted by atomic mass is 16.5. The SMILES string of the molecule is CCn1nc(NC(=O)c2cc(-c3cnn(C)c3)nc3onc(C)c23)cc1C. The van der Waals surface area contributed by atoms with Gasteiger partial charge in [0.15, 0.2) is 5.82 Å². The lowest BCUT2D eigenvalue weighted by Gasteiger charge is -2.06. The summed E-state index contributed by atoms with van der Waals surface area (Å²) in [5.41, 5.74) is 3.71. The molecule has 4 aromatic rings. The van der Waals surface area contributed by atoms with Gasteiger partial charge in [-0.1, -0.05) is 5.16 Å². The van der Waals surface area contributed by atoms with Crippen LogP contribution in [-0.4, -0.2) is 35.6 Å². The zero-order valence-electron chi connectivity index (χ0n) is 15.5. The molecule has 9 heteroatoms. The molecular weight excluding hydrogens is 346 g/mol. The van der Waals surface area contributed by atoms with Crippen LogP contribution < -0.4 is 5.32 Å². The van der Waals surface area contributed by atoms with Gasteiger partial charge in [0.1, 0.15) is 0 Å². The Labute approximate surface area is 155 Å². The van der Waals surface area contributed by atoms with Gasteiger partial charge >= 0.3 is 0 Å². The van der Waals surface area contributed by atoms with Crippen LogP contribution in [0.5, 0.6) is 0 Å². The van der Waals surface area contributed by atoms with Gasteiger partial charge in [0.25, 0.3) is 11.6 Å². The Hall–Kier alpha value is -3.49. The third-order valence-corrected chi connectivity index (χ3v) is 4.38. The molecule has 0 bridgehead atoms. The van der Waals surface area contributed by atoms with Crippen molar-refractivity contribution in [1.82, 2.24) is 29.7 Å². The maximum absolute atomic E-state index is 13.0. The van der Waals surface area contributed by atoms with E-state index >= 15 is 0 Å². The monoisotopic (exact) mass is 365 g/mol. The average molecular weight is 365 g/mol. The van der Waals surface area contributed by atoms with Gasteiger partial charge in [0, 0.05) is 37.1 Å². The molecule has 4 aromatic heterocycles. The fraction of sp³-hybridized carbons (Fsp3) is 0.278. The summed E-state index contributed by atoms with van der Waals surface area (Å²) >= 11 is 0. The average Bonchev–Trinajstić information content (AvgIpc) is 3.33. The molecule has 0 saturated heterocycles.